The van der Waals surface area contributed by atoms with Crippen molar-refractivity contribution >= 4 is 16.7 Å². The molecule has 1 aliphatic heterocycles. The minimum Gasteiger partial charge on any atom is -0.369 e. The fourth-order valence-corrected chi connectivity index (χ4v) is 4.13. The van der Waals surface area contributed by atoms with E-state index >= 15 is 0 Å². The van der Waals surface area contributed by atoms with Gasteiger partial charge >= 0.3 is 0 Å². The lowest BCUT2D eigenvalue weighted by Gasteiger charge is -2.33. The maximum atomic E-state index is 6.07. The van der Waals surface area contributed by atoms with E-state index < -0.39 is 0 Å². The van der Waals surface area contributed by atoms with Gasteiger partial charge in [-0.15, -0.1) is 0 Å². The summed E-state index contributed by atoms with van der Waals surface area (Å²) in [5.41, 5.74) is 5.15. The molecule has 0 unspecified atom stereocenters. The van der Waals surface area contributed by atoms with Gasteiger partial charge in [0, 0.05) is 74.4 Å². The summed E-state index contributed by atoms with van der Waals surface area (Å²) in [5, 5.41) is 1.17. The Hall–Kier alpha value is -3.42. The molecule has 1 atom stereocenters. The molecule has 0 aliphatic carbocycles. The molecule has 4 heterocycles. The smallest absolute Gasteiger partial charge is 0.133 e. The third-order valence-electron chi connectivity index (χ3n) is 5.76. The Bertz CT molecular complexity index is 1200. The molecule has 1 saturated heterocycles. The van der Waals surface area contributed by atoms with Crippen molar-refractivity contribution < 1.29 is 4.74 Å². The lowest BCUT2D eigenvalue weighted by Crippen LogP contribution is -2.38. The zero-order valence-corrected chi connectivity index (χ0v) is 18.3. The summed E-state index contributed by atoms with van der Waals surface area (Å²) >= 11 is 0. The fraction of sp³-hybridized carbons (Fsp3) is 0.280. The lowest BCUT2D eigenvalue weighted by atomic mass is 10.1. The fourth-order valence-electron chi connectivity index (χ4n) is 4.13. The van der Waals surface area contributed by atoms with Gasteiger partial charge in [0.1, 0.15) is 18.2 Å². The number of hydrogen-bond acceptors (Lipinski definition) is 7. The minimum atomic E-state index is -0.0546. The number of hydrogen-bond donors (Lipinski definition) is 0. The molecule has 1 aromatic carbocycles. The summed E-state index contributed by atoms with van der Waals surface area (Å²) in [7, 11) is 4.10. The van der Waals surface area contributed by atoms with Crippen LogP contribution in [0.25, 0.3) is 22.0 Å². The molecular weight excluding hydrogens is 400 g/mol. The third-order valence-corrected chi connectivity index (χ3v) is 5.76. The normalized spacial score (nSPS) is 16.9. The van der Waals surface area contributed by atoms with Gasteiger partial charge in [0.15, 0.2) is 0 Å². The predicted molar refractivity (Wildman–Crippen MR) is 125 cm³/mol. The van der Waals surface area contributed by atoms with Crippen LogP contribution in [0.5, 0.6) is 0 Å². The van der Waals surface area contributed by atoms with Crippen LogP contribution in [0.2, 0.25) is 0 Å². The minimum absolute atomic E-state index is 0.0546. The molecule has 5 rings (SSSR count). The molecule has 7 heteroatoms. The number of pyridine rings is 2. The van der Waals surface area contributed by atoms with E-state index in [0.29, 0.717) is 6.61 Å². The van der Waals surface area contributed by atoms with Crippen molar-refractivity contribution in [1.82, 2.24) is 24.8 Å². The second kappa shape index (κ2) is 8.98. The van der Waals surface area contributed by atoms with Crippen LogP contribution >= 0.6 is 0 Å². The number of nitrogens with zero attached hydrogens (tertiary/aromatic N) is 6. The van der Waals surface area contributed by atoms with Gasteiger partial charge in [0.05, 0.1) is 17.8 Å². The van der Waals surface area contributed by atoms with Gasteiger partial charge < -0.3 is 9.64 Å². The maximum absolute atomic E-state index is 6.07. The van der Waals surface area contributed by atoms with E-state index in [9.17, 15) is 0 Å². The van der Waals surface area contributed by atoms with Crippen LogP contribution in [0.4, 0.5) is 5.82 Å². The molecule has 3 aromatic heterocycles. The Morgan fingerprint density at radius 2 is 1.88 bits per heavy atom. The number of rotatable bonds is 5. The largest absolute Gasteiger partial charge is 0.369 e. The van der Waals surface area contributed by atoms with Crippen LogP contribution in [0.1, 0.15) is 17.4 Å². The van der Waals surface area contributed by atoms with Gasteiger partial charge in [0.25, 0.3) is 0 Å². The van der Waals surface area contributed by atoms with Crippen molar-refractivity contribution in [2.24, 2.45) is 0 Å². The highest BCUT2D eigenvalue weighted by atomic mass is 16.5. The Balaban J connectivity index is 1.34. The summed E-state index contributed by atoms with van der Waals surface area (Å²) < 4.78 is 6.07. The van der Waals surface area contributed by atoms with Crippen molar-refractivity contribution in [1.29, 1.82) is 0 Å². The first kappa shape index (κ1) is 20.5. The second-order valence-corrected chi connectivity index (χ2v) is 8.25. The van der Waals surface area contributed by atoms with Gasteiger partial charge in [-0.3, -0.25) is 9.88 Å². The molecule has 0 bridgehead atoms. The molecule has 32 heavy (non-hydrogen) atoms. The third kappa shape index (κ3) is 4.30. The van der Waals surface area contributed by atoms with E-state index in [4.69, 9.17) is 9.72 Å². The molecule has 0 saturated carbocycles. The highest BCUT2D eigenvalue weighted by Gasteiger charge is 2.24. The van der Waals surface area contributed by atoms with E-state index in [1.165, 1.54) is 17.3 Å². The molecule has 1 fully saturated rings. The first-order chi connectivity index (χ1) is 15.7. The van der Waals surface area contributed by atoms with Gasteiger partial charge in [0.2, 0.25) is 0 Å². The highest BCUT2D eigenvalue weighted by Crippen LogP contribution is 2.27. The first-order valence-corrected chi connectivity index (χ1v) is 10.8. The average Bonchev–Trinajstić information content (AvgIpc) is 2.84. The van der Waals surface area contributed by atoms with Crippen molar-refractivity contribution in [3.05, 3.63) is 78.6 Å². The number of para-hydroxylation sites is 1. The van der Waals surface area contributed by atoms with Crippen LogP contribution in [0.15, 0.2) is 67.4 Å². The number of anilines is 1. The van der Waals surface area contributed by atoms with Crippen LogP contribution < -0.4 is 4.90 Å². The molecule has 4 aromatic rings. The number of fused-ring (bicyclic) bond motifs is 1. The van der Waals surface area contributed by atoms with E-state index in [-0.39, 0.29) is 6.10 Å². The SMILES string of the molecule is CN(C)c1nc2ccccc2cc1CN1CCO[C@H](c2ccc(-c3cncnc3)cn2)C1. The summed E-state index contributed by atoms with van der Waals surface area (Å²) in [6, 6.07) is 14.6. The molecule has 1 aliphatic rings. The van der Waals surface area contributed by atoms with Gasteiger partial charge in [-0.2, -0.15) is 0 Å². The van der Waals surface area contributed by atoms with Gasteiger partial charge in [-0.25, -0.2) is 15.0 Å². The van der Waals surface area contributed by atoms with Crippen LogP contribution in [-0.4, -0.2) is 58.6 Å². The summed E-state index contributed by atoms with van der Waals surface area (Å²) in [4.78, 5) is 22.3. The van der Waals surface area contributed by atoms with Gasteiger partial charge in [-0.1, -0.05) is 24.3 Å². The van der Waals surface area contributed by atoms with Crippen LogP contribution in [0, 0.1) is 0 Å². The summed E-state index contributed by atoms with van der Waals surface area (Å²) in [6.07, 6.45) is 6.93. The zero-order valence-electron chi connectivity index (χ0n) is 18.3. The number of benzene rings is 1. The molecule has 0 amide bonds. The predicted octanol–water partition coefficient (Wildman–Crippen LogP) is 3.73. The van der Waals surface area contributed by atoms with Crippen molar-refractivity contribution in [3.8, 4) is 11.1 Å². The van der Waals surface area contributed by atoms with Crippen molar-refractivity contribution in [2.45, 2.75) is 12.6 Å². The summed E-state index contributed by atoms with van der Waals surface area (Å²) in [5.74, 6) is 1.01. The Morgan fingerprint density at radius 1 is 1.03 bits per heavy atom. The molecule has 0 radical (unpaired) electrons. The Labute approximate surface area is 187 Å². The molecule has 7 nitrogen and oxygen atoms in total. The van der Waals surface area contributed by atoms with Crippen LogP contribution in [-0.2, 0) is 11.3 Å². The monoisotopic (exact) mass is 426 g/mol. The van der Waals surface area contributed by atoms with Crippen molar-refractivity contribution in [2.75, 3.05) is 38.7 Å². The standard InChI is InChI=1S/C25H26N6O/c1-30(2)25-20(11-18-5-3-4-6-22(18)29-25)15-31-9-10-32-24(16-31)23-8-7-19(14-28-23)21-12-26-17-27-13-21/h3-8,11-14,17,24H,9-10,15-16H2,1-2H3/t24-/m0/s1. The van der Waals surface area contributed by atoms with E-state index in [0.717, 1.165) is 47.8 Å². The molecule has 0 spiro atoms. The first-order valence-electron chi connectivity index (χ1n) is 10.8. The highest BCUT2D eigenvalue weighted by molar-refractivity contribution is 5.81. The number of aromatic nitrogens is 4. The average molecular weight is 427 g/mol. The number of morpholine rings is 1. The molecular formula is C25H26N6O. The van der Waals surface area contributed by atoms with Crippen LogP contribution in [0.3, 0.4) is 0 Å². The topological polar surface area (TPSA) is 67.3 Å². The lowest BCUT2D eigenvalue weighted by molar-refractivity contribution is -0.0349. The number of ether oxygens (including phenoxy) is 1. The molecule has 0 N–H and O–H groups in total. The van der Waals surface area contributed by atoms with Crippen molar-refractivity contribution in [3.63, 3.8) is 0 Å². The summed E-state index contributed by atoms with van der Waals surface area (Å²) in [6.45, 7) is 3.18. The van der Waals surface area contributed by atoms with Gasteiger partial charge in [-0.05, 0) is 18.2 Å². The van der Waals surface area contributed by atoms with E-state index in [1.807, 2.05) is 32.4 Å². The molecule has 162 valence electrons. The maximum Gasteiger partial charge on any atom is 0.133 e. The zero-order chi connectivity index (χ0) is 21.9. The Morgan fingerprint density at radius 3 is 2.66 bits per heavy atom. The Kier molecular flexibility index (Phi) is 5.75. The van der Waals surface area contributed by atoms with E-state index in [1.54, 1.807) is 12.4 Å². The van der Waals surface area contributed by atoms with E-state index in [2.05, 4.69) is 55.1 Å². The quantitative estimate of drug-likeness (QED) is 0.482. The second-order valence-electron chi connectivity index (χ2n) is 8.25.